The molecule has 0 radical (unpaired) electrons. The van der Waals surface area contributed by atoms with Crippen molar-refractivity contribution in [1.82, 2.24) is 5.32 Å². The summed E-state index contributed by atoms with van der Waals surface area (Å²) in [7, 11) is 1.61. The molecule has 0 heterocycles. The Hall–Kier alpha value is -2.49. The van der Waals surface area contributed by atoms with Crippen LogP contribution in [0.15, 0.2) is 48.5 Å². The third kappa shape index (κ3) is 3.75. The zero-order chi connectivity index (χ0) is 14.4. The van der Waals surface area contributed by atoms with Gasteiger partial charge in [0.25, 0.3) is 0 Å². The van der Waals surface area contributed by atoms with E-state index in [-0.39, 0.29) is 6.03 Å². The predicted molar refractivity (Wildman–Crippen MR) is 80.0 cm³/mol. The number of carbonyl (C=O) groups is 1. The van der Waals surface area contributed by atoms with E-state index in [2.05, 4.69) is 10.6 Å². The summed E-state index contributed by atoms with van der Waals surface area (Å²) in [6.07, 6.45) is 0. The van der Waals surface area contributed by atoms with Crippen molar-refractivity contribution >= 4 is 11.7 Å². The molecule has 0 aromatic heterocycles. The predicted octanol–water partition coefficient (Wildman–Crippen LogP) is 3.33. The first-order valence-electron chi connectivity index (χ1n) is 6.42. The maximum absolute atomic E-state index is 11.8. The van der Waals surface area contributed by atoms with Gasteiger partial charge in [0.05, 0.1) is 7.11 Å². The van der Waals surface area contributed by atoms with Gasteiger partial charge in [-0.05, 0) is 42.3 Å². The van der Waals surface area contributed by atoms with Gasteiger partial charge >= 0.3 is 6.03 Å². The standard InChI is InChI=1S/C16H18N2O2/c1-12-5-3-4-6-13(12)11-17-16(19)18-14-7-9-15(20-2)10-8-14/h3-10H,11H2,1-2H3,(H2,17,18,19). The van der Waals surface area contributed by atoms with Gasteiger partial charge in [-0.3, -0.25) is 0 Å². The van der Waals surface area contributed by atoms with E-state index >= 15 is 0 Å². The molecule has 4 heteroatoms. The Bertz CT molecular complexity index is 579. The van der Waals surface area contributed by atoms with E-state index in [1.54, 1.807) is 31.4 Å². The molecule has 4 nitrogen and oxygen atoms in total. The van der Waals surface area contributed by atoms with Gasteiger partial charge in [-0.2, -0.15) is 0 Å². The fourth-order valence-electron chi connectivity index (χ4n) is 1.83. The summed E-state index contributed by atoms with van der Waals surface area (Å²) in [6, 6.07) is 15.0. The normalized spacial score (nSPS) is 9.90. The molecule has 2 aromatic carbocycles. The molecule has 2 N–H and O–H groups in total. The first-order chi connectivity index (χ1) is 9.69. The van der Waals surface area contributed by atoms with Crippen LogP contribution in [0.25, 0.3) is 0 Å². The molecule has 0 aliphatic rings. The van der Waals surface area contributed by atoms with Gasteiger partial charge in [0.15, 0.2) is 0 Å². The molecule has 0 saturated heterocycles. The average molecular weight is 270 g/mol. The van der Waals surface area contributed by atoms with Crippen LogP contribution in [0.4, 0.5) is 10.5 Å². The number of amides is 2. The van der Waals surface area contributed by atoms with E-state index in [1.807, 2.05) is 31.2 Å². The monoisotopic (exact) mass is 270 g/mol. The zero-order valence-electron chi connectivity index (χ0n) is 11.6. The minimum atomic E-state index is -0.224. The van der Waals surface area contributed by atoms with Gasteiger partial charge in [0.1, 0.15) is 5.75 Å². The molecule has 0 aliphatic heterocycles. The Morgan fingerprint density at radius 2 is 1.80 bits per heavy atom. The van der Waals surface area contributed by atoms with E-state index in [0.29, 0.717) is 6.54 Å². The highest BCUT2D eigenvalue weighted by atomic mass is 16.5. The number of carbonyl (C=O) groups excluding carboxylic acids is 1. The minimum Gasteiger partial charge on any atom is -0.497 e. The molecule has 0 aliphatic carbocycles. The summed E-state index contributed by atoms with van der Waals surface area (Å²) < 4.78 is 5.06. The van der Waals surface area contributed by atoms with Crippen LogP contribution in [0, 0.1) is 6.92 Å². The number of hydrogen-bond acceptors (Lipinski definition) is 2. The minimum absolute atomic E-state index is 0.224. The molecule has 0 bridgehead atoms. The van der Waals surface area contributed by atoms with E-state index in [0.717, 1.165) is 22.6 Å². The average Bonchev–Trinajstić information content (AvgIpc) is 2.47. The Morgan fingerprint density at radius 1 is 1.10 bits per heavy atom. The first-order valence-corrected chi connectivity index (χ1v) is 6.42. The van der Waals surface area contributed by atoms with Crippen LogP contribution < -0.4 is 15.4 Å². The van der Waals surface area contributed by atoms with Crippen molar-refractivity contribution in [3.63, 3.8) is 0 Å². The molecule has 2 amide bonds. The van der Waals surface area contributed by atoms with Gasteiger partial charge in [0, 0.05) is 12.2 Å². The van der Waals surface area contributed by atoms with Gasteiger partial charge in [0.2, 0.25) is 0 Å². The summed E-state index contributed by atoms with van der Waals surface area (Å²) in [5.74, 6) is 0.760. The molecule has 104 valence electrons. The number of nitrogens with one attached hydrogen (secondary N) is 2. The third-order valence-corrected chi connectivity index (χ3v) is 3.05. The highest BCUT2D eigenvalue weighted by molar-refractivity contribution is 5.89. The summed E-state index contributed by atoms with van der Waals surface area (Å²) >= 11 is 0. The SMILES string of the molecule is COc1ccc(NC(=O)NCc2ccccc2C)cc1. The van der Waals surface area contributed by atoms with Crippen molar-refractivity contribution in [3.05, 3.63) is 59.7 Å². The second kappa shape index (κ2) is 6.61. The van der Waals surface area contributed by atoms with E-state index in [4.69, 9.17) is 4.74 Å². The van der Waals surface area contributed by atoms with Crippen LogP contribution in [-0.2, 0) is 6.54 Å². The fraction of sp³-hybridized carbons (Fsp3) is 0.188. The largest absolute Gasteiger partial charge is 0.497 e. The zero-order valence-corrected chi connectivity index (χ0v) is 11.6. The van der Waals surface area contributed by atoms with Crippen LogP contribution in [0.1, 0.15) is 11.1 Å². The Kier molecular flexibility index (Phi) is 4.60. The number of benzene rings is 2. The number of anilines is 1. The van der Waals surface area contributed by atoms with Crippen molar-refractivity contribution < 1.29 is 9.53 Å². The molecule has 0 fully saturated rings. The van der Waals surface area contributed by atoms with E-state index < -0.39 is 0 Å². The maximum Gasteiger partial charge on any atom is 0.319 e. The summed E-state index contributed by atoms with van der Waals surface area (Å²) in [5, 5.41) is 5.61. The summed E-state index contributed by atoms with van der Waals surface area (Å²) in [5.41, 5.74) is 3.00. The van der Waals surface area contributed by atoms with Crippen LogP contribution >= 0.6 is 0 Å². The third-order valence-electron chi connectivity index (χ3n) is 3.05. The molecule has 0 spiro atoms. The number of methoxy groups -OCH3 is 1. The highest BCUT2D eigenvalue weighted by Crippen LogP contribution is 2.14. The summed E-state index contributed by atoms with van der Waals surface area (Å²) in [4.78, 5) is 11.8. The molecule has 0 saturated carbocycles. The van der Waals surface area contributed by atoms with Crippen molar-refractivity contribution in [2.45, 2.75) is 13.5 Å². The molecular formula is C16H18N2O2. The number of ether oxygens (including phenoxy) is 1. The lowest BCUT2D eigenvalue weighted by Crippen LogP contribution is -2.28. The van der Waals surface area contributed by atoms with Gasteiger partial charge in [-0.1, -0.05) is 24.3 Å². The molecule has 0 unspecified atom stereocenters. The number of urea groups is 1. The van der Waals surface area contributed by atoms with Crippen LogP contribution in [0.3, 0.4) is 0 Å². The quantitative estimate of drug-likeness (QED) is 0.895. The van der Waals surface area contributed by atoms with Crippen molar-refractivity contribution in [3.8, 4) is 5.75 Å². The number of hydrogen-bond donors (Lipinski definition) is 2. The second-order valence-corrected chi connectivity index (χ2v) is 4.46. The molecule has 20 heavy (non-hydrogen) atoms. The Balaban J connectivity index is 1.87. The lowest BCUT2D eigenvalue weighted by Gasteiger charge is -2.09. The lowest BCUT2D eigenvalue weighted by atomic mass is 10.1. The highest BCUT2D eigenvalue weighted by Gasteiger charge is 2.03. The fourth-order valence-corrected chi connectivity index (χ4v) is 1.83. The Morgan fingerprint density at radius 3 is 2.45 bits per heavy atom. The maximum atomic E-state index is 11.8. The van der Waals surface area contributed by atoms with Gasteiger partial charge in [-0.25, -0.2) is 4.79 Å². The number of rotatable bonds is 4. The Labute approximate surface area is 118 Å². The number of aryl methyl sites for hydroxylation is 1. The van der Waals surface area contributed by atoms with Crippen molar-refractivity contribution in [1.29, 1.82) is 0 Å². The summed E-state index contributed by atoms with van der Waals surface area (Å²) in [6.45, 7) is 2.53. The van der Waals surface area contributed by atoms with Gasteiger partial charge < -0.3 is 15.4 Å². The van der Waals surface area contributed by atoms with E-state index in [9.17, 15) is 4.79 Å². The topological polar surface area (TPSA) is 50.4 Å². The van der Waals surface area contributed by atoms with Crippen molar-refractivity contribution in [2.75, 3.05) is 12.4 Å². The molecule has 2 rings (SSSR count). The lowest BCUT2D eigenvalue weighted by molar-refractivity contribution is 0.251. The van der Waals surface area contributed by atoms with E-state index in [1.165, 1.54) is 0 Å². The molecule has 2 aromatic rings. The smallest absolute Gasteiger partial charge is 0.319 e. The van der Waals surface area contributed by atoms with Crippen LogP contribution in [0.5, 0.6) is 5.75 Å². The van der Waals surface area contributed by atoms with Gasteiger partial charge in [-0.15, -0.1) is 0 Å². The molecular weight excluding hydrogens is 252 g/mol. The van der Waals surface area contributed by atoms with Crippen LogP contribution in [-0.4, -0.2) is 13.1 Å². The van der Waals surface area contributed by atoms with Crippen molar-refractivity contribution in [2.24, 2.45) is 0 Å². The molecule has 0 atom stereocenters. The van der Waals surface area contributed by atoms with Crippen LogP contribution in [0.2, 0.25) is 0 Å². The second-order valence-electron chi connectivity index (χ2n) is 4.46. The first kappa shape index (κ1) is 13.9.